The van der Waals surface area contributed by atoms with Crippen LogP contribution in [0.5, 0.6) is 23.0 Å². The number of hydrogen-bond acceptors (Lipinski definition) is 6. The molecule has 2 atom stereocenters. The fraction of sp³-hybridized carbons (Fsp3) is 0.480. The van der Waals surface area contributed by atoms with Gasteiger partial charge in [-0.1, -0.05) is 32.9 Å². The van der Waals surface area contributed by atoms with E-state index in [-0.39, 0.29) is 31.0 Å². The van der Waals surface area contributed by atoms with Crippen molar-refractivity contribution < 1.29 is 34.0 Å². The molecule has 176 valence electrons. The summed E-state index contributed by atoms with van der Waals surface area (Å²) in [6.07, 6.45) is 0.0936. The molecule has 1 amide bonds. The van der Waals surface area contributed by atoms with E-state index in [2.05, 4.69) is 0 Å². The average Bonchev–Trinajstić information content (AvgIpc) is 3.45. The van der Waals surface area contributed by atoms with Crippen molar-refractivity contribution in [3.05, 3.63) is 47.5 Å². The van der Waals surface area contributed by atoms with Gasteiger partial charge in [-0.25, -0.2) is 4.79 Å². The van der Waals surface area contributed by atoms with Crippen LogP contribution in [0, 0.1) is 11.3 Å². The van der Waals surface area contributed by atoms with Gasteiger partial charge in [-0.15, -0.1) is 0 Å². The highest BCUT2D eigenvalue weighted by Crippen LogP contribution is 2.49. The van der Waals surface area contributed by atoms with Crippen molar-refractivity contribution in [2.45, 2.75) is 45.3 Å². The van der Waals surface area contributed by atoms with Crippen LogP contribution in [0.25, 0.3) is 0 Å². The van der Waals surface area contributed by atoms with E-state index in [0.29, 0.717) is 53.5 Å². The highest BCUT2D eigenvalue weighted by Gasteiger charge is 2.48. The molecule has 2 N–H and O–H groups in total. The third-order valence-electron chi connectivity index (χ3n) is 7.06. The quantitative estimate of drug-likeness (QED) is 0.716. The first-order valence-electron chi connectivity index (χ1n) is 11.2. The zero-order valence-electron chi connectivity index (χ0n) is 19.0. The summed E-state index contributed by atoms with van der Waals surface area (Å²) in [5.74, 6) is 2.21. The van der Waals surface area contributed by atoms with Crippen LogP contribution in [-0.4, -0.2) is 47.4 Å². The van der Waals surface area contributed by atoms with Gasteiger partial charge in [0.15, 0.2) is 23.0 Å². The van der Waals surface area contributed by atoms with E-state index in [1.54, 1.807) is 0 Å². The number of amides is 1. The first-order valence-corrected chi connectivity index (χ1v) is 11.2. The van der Waals surface area contributed by atoms with E-state index >= 15 is 0 Å². The Hall–Kier alpha value is -3.13. The Morgan fingerprint density at radius 3 is 1.91 bits per heavy atom. The van der Waals surface area contributed by atoms with Crippen LogP contribution in [0.3, 0.4) is 0 Å². The maximum atomic E-state index is 12.5. The third kappa shape index (κ3) is 3.62. The number of fused-ring (bicyclic) bond motifs is 2. The summed E-state index contributed by atoms with van der Waals surface area (Å²) in [5.41, 5.74) is -0.336. The van der Waals surface area contributed by atoms with Crippen molar-refractivity contribution in [1.29, 1.82) is 0 Å². The molecule has 3 aliphatic rings. The lowest BCUT2D eigenvalue weighted by Crippen LogP contribution is -2.55. The topological polar surface area (TPSA) is 97.7 Å². The maximum Gasteiger partial charge on any atom is 0.407 e. The molecule has 0 radical (unpaired) electrons. The molecule has 8 nitrogen and oxygen atoms in total. The van der Waals surface area contributed by atoms with Gasteiger partial charge < -0.3 is 34.1 Å². The summed E-state index contributed by atoms with van der Waals surface area (Å²) in [4.78, 5) is 13.5. The summed E-state index contributed by atoms with van der Waals surface area (Å²) in [6.45, 7) is 6.75. The number of rotatable bonds is 3. The second kappa shape index (κ2) is 7.73. The predicted molar refractivity (Wildman–Crippen MR) is 119 cm³/mol. The molecular weight excluding hydrogens is 426 g/mol. The van der Waals surface area contributed by atoms with Gasteiger partial charge in [-0.05, 0) is 59.6 Å². The molecule has 0 spiro atoms. The van der Waals surface area contributed by atoms with Crippen LogP contribution >= 0.6 is 0 Å². The van der Waals surface area contributed by atoms with Crippen LogP contribution in [0.1, 0.15) is 44.7 Å². The number of carbonyl (C=O) groups is 1. The number of likely N-dealkylation sites (tertiary alicyclic amines) is 1. The number of nitrogens with zero attached hydrogens (tertiary/aromatic N) is 1. The number of benzene rings is 2. The number of hydrogen-bond donors (Lipinski definition) is 2. The minimum absolute atomic E-state index is 0.143. The van der Waals surface area contributed by atoms with E-state index in [4.69, 9.17) is 18.9 Å². The summed E-state index contributed by atoms with van der Waals surface area (Å²) >= 11 is 0. The van der Waals surface area contributed by atoms with Gasteiger partial charge >= 0.3 is 6.09 Å². The molecule has 3 aliphatic heterocycles. The van der Waals surface area contributed by atoms with Gasteiger partial charge in [0, 0.05) is 12.6 Å². The van der Waals surface area contributed by atoms with Crippen LogP contribution in [0.2, 0.25) is 0 Å². The number of aliphatic hydroxyl groups is 1. The van der Waals surface area contributed by atoms with E-state index in [9.17, 15) is 15.0 Å². The van der Waals surface area contributed by atoms with Crippen molar-refractivity contribution in [1.82, 2.24) is 4.90 Å². The monoisotopic (exact) mass is 455 g/mol. The minimum atomic E-state index is -1.39. The predicted octanol–water partition coefficient (Wildman–Crippen LogP) is 4.18. The van der Waals surface area contributed by atoms with Crippen molar-refractivity contribution in [3.8, 4) is 23.0 Å². The molecular formula is C25H29NO7. The van der Waals surface area contributed by atoms with Gasteiger partial charge in [0.2, 0.25) is 13.6 Å². The van der Waals surface area contributed by atoms with Gasteiger partial charge in [0.25, 0.3) is 0 Å². The Bertz CT molecular complexity index is 1020. The Morgan fingerprint density at radius 2 is 1.42 bits per heavy atom. The molecule has 2 aromatic carbocycles. The lowest BCUT2D eigenvalue weighted by molar-refractivity contribution is -0.0451. The molecule has 5 rings (SSSR count). The smallest absolute Gasteiger partial charge is 0.407 e. The van der Waals surface area contributed by atoms with E-state index in [0.717, 1.165) is 0 Å². The van der Waals surface area contributed by atoms with Gasteiger partial charge in [0.05, 0.1) is 0 Å². The number of ether oxygens (including phenoxy) is 4. The standard InChI is InChI=1S/C25H29NO7/c1-24(2,3)22-12-17(8-9-26(22)23(27)28)25(29,15-4-6-18-20(10-15)32-13-30-18)16-5-7-19-21(11-16)33-14-31-19/h4-7,10-11,17,22,29H,8-9,12-14H2,1-3H3,(H,27,28). The maximum absolute atomic E-state index is 12.5. The van der Waals surface area contributed by atoms with Gasteiger partial charge in [-0.2, -0.15) is 0 Å². The summed E-state index contributed by atoms with van der Waals surface area (Å²) < 4.78 is 22.1. The molecule has 1 saturated heterocycles. The Morgan fingerprint density at radius 1 is 0.909 bits per heavy atom. The van der Waals surface area contributed by atoms with E-state index < -0.39 is 11.7 Å². The Labute approximate surface area is 192 Å². The zero-order chi connectivity index (χ0) is 23.4. The largest absolute Gasteiger partial charge is 0.465 e. The number of carboxylic acid groups (broad SMARTS) is 1. The van der Waals surface area contributed by atoms with E-state index in [1.165, 1.54) is 4.90 Å². The highest BCUT2D eigenvalue weighted by molar-refractivity contribution is 5.66. The molecule has 0 saturated carbocycles. The van der Waals surface area contributed by atoms with Crippen molar-refractivity contribution in [2.75, 3.05) is 20.1 Å². The fourth-order valence-electron chi connectivity index (χ4n) is 5.30. The molecule has 0 aliphatic carbocycles. The average molecular weight is 456 g/mol. The molecule has 3 heterocycles. The van der Waals surface area contributed by atoms with Crippen molar-refractivity contribution >= 4 is 6.09 Å². The van der Waals surface area contributed by atoms with Crippen LogP contribution in [-0.2, 0) is 5.60 Å². The molecule has 8 heteroatoms. The van der Waals surface area contributed by atoms with Crippen LogP contribution < -0.4 is 18.9 Å². The summed E-state index contributed by atoms with van der Waals surface area (Å²) in [5, 5.41) is 22.3. The fourth-order valence-corrected chi connectivity index (χ4v) is 5.30. The number of piperidine rings is 1. The highest BCUT2D eigenvalue weighted by atomic mass is 16.7. The summed E-state index contributed by atoms with van der Waals surface area (Å²) in [6, 6.07) is 10.7. The van der Waals surface area contributed by atoms with Crippen LogP contribution in [0.15, 0.2) is 36.4 Å². The van der Waals surface area contributed by atoms with Crippen molar-refractivity contribution in [3.63, 3.8) is 0 Å². The molecule has 1 fully saturated rings. The SMILES string of the molecule is CC(C)(C)C1CC(C(O)(c2ccc3c(c2)OCO3)c2ccc3c(c2)OCO3)CCN1C(=O)O. The summed E-state index contributed by atoms with van der Waals surface area (Å²) in [7, 11) is 0. The third-order valence-corrected chi connectivity index (χ3v) is 7.06. The second-order valence-corrected chi connectivity index (χ2v) is 9.98. The zero-order valence-corrected chi connectivity index (χ0v) is 19.0. The lowest BCUT2D eigenvalue weighted by Gasteiger charge is -2.49. The Kier molecular flexibility index (Phi) is 5.08. The molecule has 33 heavy (non-hydrogen) atoms. The second-order valence-electron chi connectivity index (χ2n) is 9.98. The van der Waals surface area contributed by atoms with Crippen LogP contribution in [0.4, 0.5) is 4.79 Å². The molecule has 2 unspecified atom stereocenters. The normalized spacial score (nSPS) is 21.9. The molecule has 2 aromatic rings. The van der Waals surface area contributed by atoms with Gasteiger partial charge in [-0.3, -0.25) is 0 Å². The first-order chi connectivity index (χ1) is 15.7. The first kappa shape index (κ1) is 21.7. The lowest BCUT2D eigenvalue weighted by atomic mass is 9.67. The molecule has 0 aromatic heterocycles. The van der Waals surface area contributed by atoms with E-state index in [1.807, 2.05) is 57.2 Å². The molecule has 0 bridgehead atoms. The Balaban J connectivity index is 1.61. The van der Waals surface area contributed by atoms with Gasteiger partial charge in [0.1, 0.15) is 5.60 Å². The van der Waals surface area contributed by atoms with Crippen molar-refractivity contribution in [2.24, 2.45) is 11.3 Å². The minimum Gasteiger partial charge on any atom is -0.465 e.